The van der Waals surface area contributed by atoms with Crippen molar-refractivity contribution in [2.45, 2.75) is 19.3 Å². The van der Waals surface area contributed by atoms with Gasteiger partial charge in [0.05, 0.1) is 11.6 Å². The third-order valence-electron chi connectivity index (χ3n) is 4.47. The second kappa shape index (κ2) is 5.94. The van der Waals surface area contributed by atoms with Crippen LogP contribution >= 0.6 is 0 Å². The normalized spacial score (nSPS) is 21.4. The van der Waals surface area contributed by atoms with Crippen molar-refractivity contribution < 1.29 is 19.1 Å². The Labute approximate surface area is 128 Å². The first-order valence-electron chi connectivity index (χ1n) is 7.63. The molecule has 2 saturated heterocycles. The van der Waals surface area contributed by atoms with Gasteiger partial charge in [0.25, 0.3) is 5.91 Å². The molecule has 0 spiro atoms. The van der Waals surface area contributed by atoms with Crippen molar-refractivity contribution in [3.8, 4) is 0 Å². The fraction of sp³-hybridized carbons (Fsp3) is 0.500. The van der Waals surface area contributed by atoms with Crippen LogP contribution in [0.25, 0.3) is 0 Å². The fourth-order valence-corrected chi connectivity index (χ4v) is 3.18. The quantitative estimate of drug-likeness (QED) is 0.927. The molecular formula is C16H19FN2O3. The molecule has 3 rings (SSSR count). The smallest absolute Gasteiger partial charge is 0.308 e. The number of carboxylic acids is 1. The van der Waals surface area contributed by atoms with E-state index < -0.39 is 11.9 Å². The summed E-state index contributed by atoms with van der Waals surface area (Å²) in [5.74, 6) is -2.08. The molecule has 5 nitrogen and oxygen atoms in total. The maximum atomic E-state index is 14.2. The molecule has 1 aromatic rings. The van der Waals surface area contributed by atoms with Crippen molar-refractivity contribution in [2.75, 3.05) is 31.1 Å². The summed E-state index contributed by atoms with van der Waals surface area (Å²) in [7, 11) is 0. The Bertz CT molecular complexity index is 599. The highest BCUT2D eigenvalue weighted by atomic mass is 19.1. The molecule has 0 saturated carbocycles. The number of benzene rings is 1. The number of carbonyl (C=O) groups excluding carboxylic acids is 1. The van der Waals surface area contributed by atoms with Gasteiger partial charge in [-0.3, -0.25) is 9.59 Å². The fourth-order valence-electron chi connectivity index (χ4n) is 3.18. The van der Waals surface area contributed by atoms with E-state index in [-0.39, 0.29) is 23.8 Å². The molecule has 22 heavy (non-hydrogen) atoms. The summed E-state index contributed by atoms with van der Waals surface area (Å²) in [5, 5.41) is 8.98. The van der Waals surface area contributed by atoms with Crippen LogP contribution in [0.1, 0.15) is 29.6 Å². The van der Waals surface area contributed by atoms with Crippen molar-refractivity contribution >= 4 is 17.6 Å². The maximum absolute atomic E-state index is 14.2. The Morgan fingerprint density at radius 2 is 1.91 bits per heavy atom. The number of anilines is 1. The lowest BCUT2D eigenvalue weighted by Crippen LogP contribution is -2.30. The van der Waals surface area contributed by atoms with Gasteiger partial charge >= 0.3 is 5.97 Å². The minimum Gasteiger partial charge on any atom is -0.481 e. The molecule has 118 valence electrons. The van der Waals surface area contributed by atoms with Crippen LogP contribution in [0, 0.1) is 11.7 Å². The Morgan fingerprint density at radius 1 is 1.18 bits per heavy atom. The van der Waals surface area contributed by atoms with E-state index >= 15 is 0 Å². The summed E-state index contributed by atoms with van der Waals surface area (Å²) in [5.41, 5.74) is 0.824. The second-order valence-corrected chi connectivity index (χ2v) is 5.94. The molecule has 1 atom stereocenters. The summed E-state index contributed by atoms with van der Waals surface area (Å²) in [4.78, 5) is 26.8. The minimum atomic E-state index is -0.883. The van der Waals surface area contributed by atoms with Crippen molar-refractivity contribution in [2.24, 2.45) is 5.92 Å². The molecule has 0 aliphatic carbocycles. The van der Waals surface area contributed by atoms with Crippen LogP contribution < -0.4 is 4.90 Å². The van der Waals surface area contributed by atoms with E-state index in [1.54, 1.807) is 12.1 Å². The average molecular weight is 306 g/mol. The van der Waals surface area contributed by atoms with E-state index in [1.165, 1.54) is 11.0 Å². The molecular weight excluding hydrogens is 287 g/mol. The number of carbonyl (C=O) groups is 2. The molecule has 2 aliphatic rings. The molecule has 1 N–H and O–H groups in total. The van der Waals surface area contributed by atoms with Gasteiger partial charge in [-0.2, -0.15) is 0 Å². The van der Waals surface area contributed by atoms with E-state index in [9.17, 15) is 14.0 Å². The van der Waals surface area contributed by atoms with Crippen LogP contribution in [-0.4, -0.2) is 48.1 Å². The predicted molar refractivity (Wildman–Crippen MR) is 79.5 cm³/mol. The lowest BCUT2D eigenvalue weighted by molar-refractivity contribution is -0.141. The number of halogens is 1. The third-order valence-corrected chi connectivity index (χ3v) is 4.47. The molecule has 2 aliphatic heterocycles. The Morgan fingerprint density at radius 3 is 2.50 bits per heavy atom. The summed E-state index contributed by atoms with van der Waals surface area (Å²) in [6.07, 6.45) is 2.57. The zero-order valence-corrected chi connectivity index (χ0v) is 12.3. The molecule has 0 unspecified atom stereocenters. The number of aliphatic carboxylic acids is 1. The highest BCUT2D eigenvalue weighted by molar-refractivity contribution is 5.95. The topological polar surface area (TPSA) is 60.9 Å². The van der Waals surface area contributed by atoms with E-state index in [0.29, 0.717) is 18.7 Å². The van der Waals surface area contributed by atoms with Crippen molar-refractivity contribution in [3.05, 3.63) is 29.6 Å². The molecule has 0 aromatic heterocycles. The number of hydrogen-bond acceptors (Lipinski definition) is 3. The van der Waals surface area contributed by atoms with Gasteiger partial charge in [0.2, 0.25) is 0 Å². The Balaban J connectivity index is 1.73. The van der Waals surface area contributed by atoms with Crippen LogP contribution in [-0.2, 0) is 4.79 Å². The molecule has 0 radical (unpaired) electrons. The predicted octanol–water partition coefficient (Wildman–Crippen LogP) is 1.97. The highest BCUT2D eigenvalue weighted by Crippen LogP contribution is 2.26. The van der Waals surface area contributed by atoms with E-state index in [4.69, 9.17) is 5.11 Å². The lowest BCUT2D eigenvalue weighted by atomic mass is 10.1. The van der Waals surface area contributed by atoms with Crippen molar-refractivity contribution in [3.63, 3.8) is 0 Å². The molecule has 1 aromatic carbocycles. The van der Waals surface area contributed by atoms with Crippen molar-refractivity contribution in [1.82, 2.24) is 4.90 Å². The zero-order chi connectivity index (χ0) is 15.7. The Kier molecular flexibility index (Phi) is 4.00. The van der Waals surface area contributed by atoms with Crippen LogP contribution in [0.5, 0.6) is 0 Å². The van der Waals surface area contributed by atoms with E-state index in [1.807, 2.05) is 4.90 Å². The monoisotopic (exact) mass is 306 g/mol. The summed E-state index contributed by atoms with van der Waals surface area (Å²) in [6.45, 7) is 2.29. The lowest BCUT2D eigenvalue weighted by Gasteiger charge is -2.20. The second-order valence-electron chi connectivity index (χ2n) is 5.94. The first-order chi connectivity index (χ1) is 10.6. The van der Waals surface area contributed by atoms with Crippen LogP contribution in [0.15, 0.2) is 18.2 Å². The average Bonchev–Trinajstić information content (AvgIpc) is 3.17. The van der Waals surface area contributed by atoms with Crippen molar-refractivity contribution in [1.29, 1.82) is 0 Å². The SMILES string of the molecule is O=C(O)[C@@H]1CCN(C(=O)c2ccc(N3CCCC3)c(F)c2)C1. The van der Waals surface area contributed by atoms with E-state index in [2.05, 4.69) is 0 Å². The summed E-state index contributed by atoms with van der Waals surface area (Å²) >= 11 is 0. The largest absolute Gasteiger partial charge is 0.481 e. The first kappa shape index (κ1) is 14.8. The van der Waals surface area contributed by atoms with Gasteiger partial charge in [0.1, 0.15) is 5.82 Å². The van der Waals surface area contributed by atoms with Gasteiger partial charge in [0, 0.05) is 31.7 Å². The minimum absolute atomic E-state index is 0.198. The standard InChI is InChI=1S/C16H19FN2O3/c17-13-9-11(3-4-14(13)18-6-1-2-7-18)15(20)19-8-5-12(10-19)16(21)22/h3-4,9,12H,1-2,5-8,10H2,(H,21,22)/t12-/m1/s1. The van der Waals surface area contributed by atoms with Gasteiger partial charge < -0.3 is 14.9 Å². The van der Waals surface area contributed by atoms with Gasteiger partial charge in [-0.05, 0) is 37.5 Å². The third kappa shape index (κ3) is 2.77. The first-order valence-corrected chi connectivity index (χ1v) is 7.63. The highest BCUT2D eigenvalue weighted by Gasteiger charge is 2.31. The number of amides is 1. The van der Waals surface area contributed by atoms with Gasteiger partial charge in [-0.25, -0.2) is 4.39 Å². The van der Waals surface area contributed by atoms with Gasteiger partial charge in [-0.1, -0.05) is 0 Å². The molecule has 1 amide bonds. The zero-order valence-electron chi connectivity index (χ0n) is 12.3. The van der Waals surface area contributed by atoms with E-state index in [0.717, 1.165) is 25.9 Å². The number of hydrogen-bond donors (Lipinski definition) is 1. The number of carboxylic acid groups (broad SMARTS) is 1. The van der Waals surface area contributed by atoms with Crippen LogP contribution in [0.2, 0.25) is 0 Å². The molecule has 0 bridgehead atoms. The van der Waals surface area contributed by atoms with Gasteiger partial charge in [0.15, 0.2) is 0 Å². The van der Waals surface area contributed by atoms with Crippen LogP contribution in [0.4, 0.5) is 10.1 Å². The maximum Gasteiger partial charge on any atom is 0.308 e. The number of nitrogens with zero attached hydrogens (tertiary/aromatic N) is 2. The van der Waals surface area contributed by atoms with Crippen LogP contribution in [0.3, 0.4) is 0 Å². The number of likely N-dealkylation sites (tertiary alicyclic amines) is 1. The number of rotatable bonds is 3. The van der Waals surface area contributed by atoms with Gasteiger partial charge in [-0.15, -0.1) is 0 Å². The summed E-state index contributed by atoms with van der Waals surface area (Å²) in [6, 6.07) is 4.55. The summed E-state index contributed by atoms with van der Waals surface area (Å²) < 4.78 is 14.2. The molecule has 6 heteroatoms. The molecule has 2 heterocycles. The Hall–Kier alpha value is -2.11. The molecule has 2 fully saturated rings.